The van der Waals surface area contributed by atoms with Crippen LogP contribution in [0.1, 0.15) is 22.4 Å². The molecule has 21 heavy (non-hydrogen) atoms. The Bertz CT molecular complexity index is 694. The fourth-order valence-electron chi connectivity index (χ4n) is 3.06. The first-order valence-electron chi connectivity index (χ1n) is 7.29. The molecule has 0 fully saturated rings. The molecule has 1 aliphatic rings. The Balaban J connectivity index is 1.94. The van der Waals surface area contributed by atoms with E-state index in [1.165, 1.54) is 22.2 Å². The predicted octanol–water partition coefficient (Wildman–Crippen LogP) is 2.95. The summed E-state index contributed by atoms with van der Waals surface area (Å²) in [5, 5.41) is 3.60. The molecule has 2 heterocycles. The summed E-state index contributed by atoms with van der Waals surface area (Å²) in [7, 11) is 0. The Morgan fingerprint density at radius 1 is 1.05 bits per heavy atom. The van der Waals surface area contributed by atoms with Crippen LogP contribution in [-0.4, -0.2) is 11.8 Å². The minimum atomic E-state index is 0.201. The van der Waals surface area contributed by atoms with Gasteiger partial charge in [-0.15, -0.1) is 0 Å². The molecule has 3 rings (SSSR count). The van der Waals surface area contributed by atoms with Crippen molar-refractivity contribution in [2.45, 2.75) is 20.8 Å². The highest BCUT2D eigenvalue weighted by Crippen LogP contribution is 2.14. The van der Waals surface area contributed by atoms with E-state index < -0.39 is 0 Å². The van der Waals surface area contributed by atoms with Gasteiger partial charge in [0.15, 0.2) is 0 Å². The van der Waals surface area contributed by atoms with E-state index in [2.05, 4.69) is 61.2 Å². The maximum atomic E-state index is 4.42. The molecule has 0 aliphatic carbocycles. The fraction of sp³-hybridized carbons (Fsp3) is 0.167. The molecule has 104 valence electrons. The molecule has 2 nitrogen and oxygen atoms in total. The molecule has 1 aliphatic heterocycles. The summed E-state index contributed by atoms with van der Waals surface area (Å²) < 4.78 is 0. The number of benzene rings is 1. The van der Waals surface area contributed by atoms with E-state index in [1.807, 2.05) is 24.4 Å². The van der Waals surface area contributed by atoms with Crippen LogP contribution in [0, 0.1) is 20.8 Å². The van der Waals surface area contributed by atoms with Crippen LogP contribution in [0.2, 0.25) is 0 Å². The molecule has 0 saturated carbocycles. The van der Waals surface area contributed by atoms with E-state index in [9.17, 15) is 0 Å². The zero-order valence-corrected chi connectivity index (χ0v) is 12.7. The Morgan fingerprint density at radius 2 is 1.81 bits per heavy atom. The number of nitrogens with one attached hydrogen (secondary N) is 1. The molecule has 0 atom stereocenters. The third-order valence-corrected chi connectivity index (χ3v) is 3.87. The van der Waals surface area contributed by atoms with Gasteiger partial charge in [-0.05, 0) is 44.4 Å². The Hall–Kier alpha value is -2.29. The molecule has 0 spiro atoms. The van der Waals surface area contributed by atoms with Crippen molar-refractivity contribution < 1.29 is 0 Å². The van der Waals surface area contributed by atoms with Gasteiger partial charge in [0.25, 0.3) is 0 Å². The second-order valence-corrected chi connectivity index (χ2v) is 5.61. The van der Waals surface area contributed by atoms with E-state index in [-0.39, 0.29) is 6.85 Å². The quantitative estimate of drug-likeness (QED) is 0.852. The number of allylic oxidation sites excluding steroid dienone is 2. The Kier molecular flexibility index (Phi) is 3.65. The standard InChI is InChI=1S/C18H19BN2/c1-13-11-14(2)18(15(3)12-13)19-9-6-8-17(21-19)16-7-4-5-10-20-16/h4-12,21H,1-3H3. The molecule has 0 bridgehead atoms. The number of hydrogen-bond donors (Lipinski definition) is 1. The highest BCUT2D eigenvalue weighted by atomic mass is 14.9. The summed E-state index contributed by atoms with van der Waals surface area (Å²) in [6.45, 7) is 6.72. The number of hydrogen-bond acceptors (Lipinski definition) is 2. The van der Waals surface area contributed by atoms with Gasteiger partial charge in [-0.1, -0.05) is 46.9 Å². The van der Waals surface area contributed by atoms with Gasteiger partial charge in [0.1, 0.15) is 0 Å². The third kappa shape index (κ3) is 2.77. The van der Waals surface area contributed by atoms with Crippen molar-refractivity contribution >= 4 is 18.0 Å². The lowest BCUT2D eigenvalue weighted by Crippen LogP contribution is -2.46. The third-order valence-electron chi connectivity index (χ3n) is 3.87. The van der Waals surface area contributed by atoms with Crippen molar-refractivity contribution in [1.82, 2.24) is 10.2 Å². The van der Waals surface area contributed by atoms with Gasteiger partial charge in [-0.25, -0.2) is 0 Å². The van der Waals surface area contributed by atoms with Gasteiger partial charge in [-0.3, -0.25) is 4.98 Å². The van der Waals surface area contributed by atoms with Crippen LogP contribution in [0.15, 0.2) is 54.7 Å². The minimum Gasteiger partial charge on any atom is -0.419 e. The Morgan fingerprint density at radius 3 is 2.48 bits per heavy atom. The minimum absolute atomic E-state index is 0.201. The molecule has 0 amide bonds. The van der Waals surface area contributed by atoms with Crippen molar-refractivity contribution in [2.24, 2.45) is 0 Å². The zero-order chi connectivity index (χ0) is 14.8. The van der Waals surface area contributed by atoms with Crippen LogP contribution >= 0.6 is 0 Å². The second kappa shape index (κ2) is 5.61. The summed E-state index contributed by atoms with van der Waals surface area (Å²) in [5.74, 6) is 2.21. The molecule has 1 N–H and O–H groups in total. The van der Waals surface area contributed by atoms with E-state index in [0.29, 0.717) is 0 Å². The zero-order valence-electron chi connectivity index (χ0n) is 12.7. The van der Waals surface area contributed by atoms with Crippen LogP contribution in [0.5, 0.6) is 0 Å². The molecule has 0 unspecified atom stereocenters. The number of aryl methyl sites for hydroxylation is 3. The summed E-state index contributed by atoms with van der Waals surface area (Å²) in [6, 6.07) is 10.5. The van der Waals surface area contributed by atoms with Crippen molar-refractivity contribution in [2.75, 3.05) is 0 Å². The normalized spacial score (nSPS) is 13.9. The van der Waals surface area contributed by atoms with E-state index in [0.717, 1.165) is 11.4 Å². The molecular formula is C18H19BN2. The van der Waals surface area contributed by atoms with Crippen molar-refractivity contribution in [1.29, 1.82) is 0 Å². The highest BCUT2D eigenvalue weighted by molar-refractivity contribution is 6.77. The lowest BCUT2D eigenvalue weighted by molar-refractivity contribution is 1.21. The van der Waals surface area contributed by atoms with Crippen molar-refractivity contribution in [3.05, 3.63) is 77.0 Å². The molecule has 2 aromatic rings. The van der Waals surface area contributed by atoms with Gasteiger partial charge in [0.05, 0.1) is 5.69 Å². The summed E-state index contributed by atoms with van der Waals surface area (Å²) in [6.07, 6.45) is 6.02. The first-order chi connectivity index (χ1) is 10.1. The summed E-state index contributed by atoms with van der Waals surface area (Å²) in [4.78, 5) is 4.42. The molecule has 3 heteroatoms. The topological polar surface area (TPSA) is 24.9 Å². The lowest BCUT2D eigenvalue weighted by atomic mass is 9.52. The SMILES string of the molecule is Cc1cc(C)c(B2C=CC=C(c3ccccn3)N2)c(C)c1. The van der Waals surface area contributed by atoms with Crippen LogP contribution < -0.4 is 10.7 Å². The molecule has 1 aromatic carbocycles. The first-order valence-corrected chi connectivity index (χ1v) is 7.29. The average molecular weight is 274 g/mol. The average Bonchev–Trinajstić information content (AvgIpc) is 2.47. The summed E-state index contributed by atoms with van der Waals surface area (Å²) in [5.41, 5.74) is 7.39. The molecular weight excluding hydrogens is 255 g/mol. The van der Waals surface area contributed by atoms with Gasteiger partial charge >= 0.3 is 6.85 Å². The van der Waals surface area contributed by atoms with Crippen LogP contribution in [0.3, 0.4) is 0 Å². The molecule has 1 aromatic heterocycles. The smallest absolute Gasteiger partial charge is 0.313 e. The van der Waals surface area contributed by atoms with Crippen LogP contribution in [0.25, 0.3) is 5.70 Å². The van der Waals surface area contributed by atoms with Crippen LogP contribution in [0.4, 0.5) is 0 Å². The highest BCUT2D eigenvalue weighted by Gasteiger charge is 2.22. The van der Waals surface area contributed by atoms with Crippen molar-refractivity contribution in [3.8, 4) is 0 Å². The maximum absolute atomic E-state index is 4.42. The summed E-state index contributed by atoms with van der Waals surface area (Å²) >= 11 is 0. The molecule has 0 saturated heterocycles. The number of nitrogens with zero attached hydrogens (tertiary/aromatic N) is 1. The van der Waals surface area contributed by atoms with Crippen LogP contribution in [-0.2, 0) is 0 Å². The van der Waals surface area contributed by atoms with E-state index >= 15 is 0 Å². The number of aromatic nitrogens is 1. The van der Waals surface area contributed by atoms with Crippen molar-refractivity contribution in [3.63, 3.8) is 0 Å². The first kappa shape index (κ1) is 13.7. The second-order valence-electron chi connectivity index (χ2n) is 5.61. The maximum Gasteiger partial charge on any atom is 0.313 e. The Labute approximate surface area is 126 Å². The van der Waals surface area contributed by atoms with Gasteiger partial charge in [-0.2, -0.15) is 0 Å². The largest absolute Gasteiger partial charge is 0.419 e. The number of rotatable bonds is 2. The van der Waals surface area contributed by atoms with Gasteiger partial charge in [0.2, 0.25) is 0 Å². The van der Waals surface area contributed by atoms with Gasteiger partial charge in [0, 0.05) is 11.9 Å². The van der Waals surface area contributed by atoms with E-state index in [1.54, 1.807) is 0 Å². The predicted molar refractivity (Wildman–Crippen MR) is 90.5 cm³/mol. The van der Waals surface area contributed by atoms with E-state index in [4.69, 9.17) is 0 Å². The number of pyridine rings is 1. The lowest BCUT2D eigenvalue weighted by Gasteiger charge is -2.22. The molecule has 0 radical (unpaired) electrons. The fourth-order valence-corrected chi connectivity index (χ4v) is 3.06. The monoisotopic (exact) mass is 274 g/mol. The van der Waals surface area contributed by atoms with Gasteiger partial charge < -0.3 is 5.23 Å².